The molecule has 0 amide bonds. The smallest absolute Gasteiger partial charge is 0.143 e. The van der Waals surface area contributed by atoms with E-state index in [2.05, 4.69) is 5.10 Å². The fourth-order valence-corrected chi connectivity index (χ4v) is 1.60. The van der Waals surface area contributed by atoms with Crippen LogP contribution in [0.1, 0.15) is 5.69 Å². The zero-order valence-electron chi connectivity index (χ0n) is 8.34. The Balaban J connectivity index is 2.60. The summed E-state index contributed by atoms with van der Waals surface area (Å²) in [7, 11) is 0. The molecule has 0 aliphatic heterocycles. The second-order valence-electron chi connectivity index (χ2n) is 3.33. The molecular weight excluding hydrogens is 252 g/mol. The molecule has 0 saturated carbocycles. The zero-order chi connectivity index (χ0) is 11.9. The van der Waals surface area contributed by atoms with Gasteiger partial charge in [-0.2, -0.15) is 5.10 Å². The molecule has 3 nitrogen and oxygen atoms in total. The first-order valence-electron chi connectivity index (χ1n) is 4.45. The van der Waals surface area contributed by atoms with Crippen molar-refractivity contribution in [1.29, 1.82) is 0 Å². The van der Waals surface area contributed by atoms with Crippen LogP contribution in [-0.2, 0) is 0 Å². The number of hydrogen-bond donors (Lipinski definition) is 1. The van der Waals surface area contributed by atoms with Crippen molar-refractivity contribution >= 4 is 28.9 Å². The Morgan fingerprint density at radius 3 is 2.56 bits per heavy atom. The van der Waals surface area contributed by atoms with Crippen LogP contribution in [0, 0.1) is 12.7 Å². The predicted molar refractivity (Wildman–Crippen MR) is 62.7 cm³/mol. The Kier molecular flexibility index (Phi) is 2.78. The SMILES string of the molecule is Cc1nn(-c2cc(Cl)c(F)cc2N)cc1Cl. The van der Waals surface area contributed by atoms with Gasteiger partial charge < -0.3 is 5.73 Å². The first-order valence-corrected chi connectivity index (χ1v) is 5.21. The van der Waals surface area contributed by atoms with Crippen molar-refractivity contribution in [3.63, 3.8) is 0 Å². The normalized spacial score (nSPS) is 10.8. The summed E-state index contributed by atoms with van der Waals surface area (Å²) in [5.74, 6) is -0.558. The number of halogens is 3. The van der Waals surface area contributed by atoms with Crippen molar-refractivity contribution in [2.75, 3.05) is 5.73 Å². The van der Waals surface area contributed by atoms with Crippen molar-refractivity contribution in [2.24, 2.45) is 0 Å². The highest BCUT2D eigenvalue weighted by molar-refractivity contribution is 6.31. The third-order valence-corrected chi connectivity index (χ3v) is 2.82. The molecule has 0 atom stereocenters. The monoisotopic (exact) mass is 259 g/mol. The van der Waals surface area contributed by atoms with E-state index in [-0.39, 0.29) is 10.7 Å². The van der Waals surface area contributed by atoms with Gasteiger partial charge in [-0.05, 0) is 13.0 Å². The molecule has 2 N–H and O–H groups in total. The Morgan fingerprint density at radius 1 is 1.31 bits per heavy atom. The van der Waals surface area contributed by atoms with Gasteiger partial charge in [0, 0.05) is 12.3 Å². The molecule has 0 unspecified atom stereocenters. The number of nitrogen functional groups attached to an aromatic ring is 1. The summed E-state index contributed by atoms with van der Waals surface area (Å²) in [5.41, 5.74) is 7.10. The molecule has 1 heterocycles. The average Bonchev–Trinajstić information content (AvgIpc) is 2.53. The summed E-state index contributed by atoms with van der Waals surface area (Å²) in [6.45, 7) is 1.76. The summed E-state index contributed by atoms with van der Waals surface area (Å²) in [6, 6.07) is 2.57. The lowest BCUT2D eigenvalue weighted by Gasteiger charge is -2.06. The molecule has 1 aromatic heterocycles. The van der Waals surface area contributed by atoms with Gasteiger partial charge in [0.2, 0.25) is 0 Å². The number of aryl methyl sites for hydroxylation is 1. The van der Waals surface area contributed by atoms with Crippen molar-refractivity contribution < 1.29 is 4.39 Å². The van der Waals surface area contributed by atoms with Crippen LogP contribution in [0.4, 0.5) is 10.1 Å². The highest BCUT2D eigenvalue weighted by Crippen LogP contribution is 2.26. The van der Waals surface area contributed by atoms with E-state index in [0.717, 1.165) is 6.07 Å². The average molecular weight is 260 g/mol. The second-order valence-corrected chi connectivity index (χ2v) is 4.15. The van der Waals surface area contributed by atoms with E-state index in [1.807, 2.05) is 0 Å². The van der Waals surface area contributed by atoms with Gasteiger partial charge in [-0.1, -0.05) is 23.2 Å². The molecule has 1 aromatic carbocycles. The first-order chi connectivity index (χ1) is 7.49. The van der Waals surface area contributed by atoms with Crippen LogP contribution in [0.5, 0.6) is 0 Å². The Morgan fingerprint density at radius 2 is 2.00 bits per heavy atom. The van der Waals surface area contributed by atoms with Crippen LogP contribution in [0.2, 0.25) is 10.0 Å². The molecule has 2 rings (SSSR count). The van der Waals surface area contributed by atoms with Gasteiger partial charge in [-0.15, -0.1) is 0 Å². The molecule has 2 aromatic rings. The number of anilines is 1. The lowest BCUT2D eigenvalue weighted by Crippen LogP contribution is -2.01. The van der Waals surface area contributed by atoms with Crippen LogP contribution < -0.4 is 5.73 Å². The lowest BCUT2D eigenvalue weighted by atomic mass is 10.2. The van der Waals surface area contributed by atoms with Gasteiger partial charge >= 0.3 is 0 Å². The van der Waals surface area contributed by atoms with E-state index < -0.39 is 5.82 Å². The van der Waals surface area contributed by atoms with E-state index in [1.165, 1.54) is 10.7 Å². The minimum absolute atomic E-state index is 0.00604. The minimum Gasteiger partial charge on any atom is -0.397 e. The summed E-state index contributed by atoms with van der Waals surface area (Å²) in [5, 5.41) is 4.64. The molecule has 0 bridgehead atoms. The number of hydrogen-bond acceptors (Lipinski definition) is 2. The number of nitrogens with two attached hydrogens (primary N) is 1. The number of nitrogens with zero attached hydrogens (tertiary/aromatic N) is 2. The largest absolute Gasteiger partial charge is 0.397 e. The van der Waals surface area contributed by atoms with E-state index in [9.17, 15) is 4.39 Å². The molecule has 0 saturated heterocycles. The summed E-state index contributed by atoms with van der Waals surface area (Å²) in [6.07, 6.45) is 1.59. The van der Waals surface area contributed by atoms with E-state index in [0.29, 0.717) is 16.4 Å². The van der Waals surface area contributed by atoms with Gasteiger partial charge in [0.05, 0.1) is 27.1 Å². The van der Waals surface area contributed by atoms with Crippen LogP contribution in [0.3, 0.4) is 0 Å². The first kappa shape index (κ1) is 11.2. The molecule has 0 spiro atoms. The summed E-state index contributed by atoms with van der Waals surface area (Å²) < 4.78 is 14.6. The molecule has 0 fully saturated rings. The van der Waals surface area contributed by atoms with Crippen molar-refractivity contribution in [3.05, 3.63) is 39.9 Å². The Hall–Kier alpha value is -1.26. The topological polar surface area (TPSA) is 43.8 Å². The number of aromatic nitrogens is 2. The molecule has 0 aliphatic rings. The maximum Gasteiger partial charge on any atom is 0.143 e. The van der Waals surface area contributed by atoms with E-state index >= 15 is 0 Å². The van der Waals surface area contributed by atoms with Crippen LogP contribution in [0.25, 0.3) is 5.69 Å². The third kappa shape index (κ3) is 1.86. The number of rotatable bonds is 1. The highest BCUT2D eigenvalue weighted by Gasteiger charge is 2.10. The van der Waals surface area contributed by atoms with Gasteiger partial charge in [-0.3, -0.25) is 0 Å². The number of benzene rings is 1. The van der Waals surface area contributed by atoms with E-state index in [1.54, 1.807) is 13.1 Å². The second kappa shape index (κ2) is 3.96. The van der Waals surface area contributed by atoms with Crippen molar-refractivity contribution in [2.45, 2.75) is 6.92 Å². The maximum atomic E-state index is 13.1. The van der Waals surface area contributed by atoms with Gasteiger partial charge in [0.15, 0.2) is 0 Å². The maximum absolute atomic E-state index is 13.1. The summed E-state index contributed by atoms with van der Waals surface area (Å²) >= 11 is 11.5. The molecule has 84 valence electrons. The van der Waals surface area contributed by atoms with Crippen LogP contribution in [-0.4, -0.2) is 9.78 Å². The third-order valence-electron chi connectivity index (χ3n) is 2.16. The Bertz CT molecular complexity index is 532. The molecule has 6 heteroatoms. The lowest BCUT2D eigenvalue weighted by molar-refractivity contribution is 0.628. The van der Waals surface area contributed by atoms with Gasteiger partial charge in [-0.25, -0.2) is 9.07 Å². The minimum atomic E-state index is -0.558. The fourth-order valence-electron chi connectivity index (χ4n) is 1.31. The zero-order valence-corrected chi connectivity index (χ0v) is 9.85. The van der Waals surface area contributed by atoms with Crippen LogP contribution >= 0.6 is 23.2 Å². The van der Waals surface area contributed by atoms with Gasteiger partial charge in [0.25, 0.3) is 0 Å². The molecule has 0 aliphatic carbocycles. The quantitative estimate of drug-likeness (QED) is 0.800. The predicted octanol–water partition coefficient (Wildman–Crippen LogP) is 3.21. The van der Waals surface area contributed by atoms with Crippen molar-refractivity contribution in [3.8, 4) is 5.69 Å². The van der Waals surface area contributed by atoms with Crippen molar-refractivity contribution in [1.82, 2.24) is 9.78 Å². The molecule has 16 heavy (non-hydrogen) atoms. The molecule has 0 radical (unpaired) electrons. The highest BCUT2D eigenvalue weighted by atomic mass is 35.5. The fraction of sp³-hybridized carbons (Fsp3) is 0.100. The molecular formula is C10H8Cl2FN3. The van der Waals surface area contributed by atoms with Gasteiger partial charge in [0.1, 0.15) is 5.82 Å². The van der Waals surface area contributed by atoms with Crippen LogP contribution in [0.15, 0.2) is 18.3 Å². The standard InChI is InChI=1S/C10H8Cl2FN3/c1-5-7(12)4-16(15-5)10-2-6(11)8(13)3-9(10)14/h2-4H,14H2,1H3. The summed E-state index contributed by atoms with van der Waals surface area (Å²) in [4.78, 5) is 0. The van der Waals surface area contributed by atoms with E-state index in [4.69, 9.17) is 28.9 Å². The Labute approximate surface area is 102 Å².